The van der Waals surface area contributed by atoms with E-state index in [1.807, 2.05) is 0 Å². The van der Waals surface area contributed by atoms with Gasteiger partial charge in [-0.3, -0.25) is 14.9 Å². The van der Waals surface area contributed by atoms with E-state index in [9.17, 15) is 28.1 Å². The van der Waals surface area contributed by atoms with Gasteiger partial charge in [-0.2, -0.15) is 13.2 Å². The molecule has 0 saturated heterocycles. The number of carbonyl (C=O) groups is 1. The maximum Gasteiger partial charge on any atom is 0.423 e. The molecule has 5 nitrogen and oxygen atoms in total. The largest absolute Gasteiger partial charge is 0.423 e. The Morgan fingerprint density at radius 3 is 2.45 bits per heavy atom. The molecule has 1 N–H and O–H groups in total. The monoisotopic (exact) mass is 288 g/mol. The van der Waals surface area contributed by atoms with Gasteiger partial charge in [0, 0.05) is 17.3 Å². The van der Waals surface area contributed by atoms with E-state index >= 15 is 0 Å². The van der Waals surface area contributed by atoms with Crippen LogP contribution in [0, 0.1) is 10.1 Å². The highest BCUT2D eigenvalue weighted by Crippen LogP contribution is 2.37. The molecule has 0 atom stereocenters. The highest BCUT2D eigenvalue weighted by atomic mass is 19.4. The highest BCUT2D eigenvalue weighted by molar-refractivity contribution is 6.03. The third-order valence-electron chi connectivity index (χ3n) is 2.55. The smallest absolute Gasteiger partial charge is 0.322 e. The fourth-order valence-electron chi connectivity index (χ4n) is 1.36. The number of hydrogen-bond donors (Lipinski definition) is 1. The van der Waals surface area contributed by atoms with Gasteiger partial charge in [0.05, 0.1) is 4.92 Å². The highest BCUT2D eigenvalue weighted by Gasteiger charge is 2.38. The first-order chi connectivity index (χ1) is 9.16. The minimum absolute atomic E-state index is 0.158. The Bertz CT molecular complexity index is 580. The zero-order valence-electron chi connectivity index (χ0n) is 10.6. The van der Waals surface area contributed by atoms with Gasteiger partial charge in [-0.25, -0.2) is 0 Å². The third kappa shape index (κ3) is 3.56. The van der Waals surface area contributed by atoms with Gasteiger partial charge >= 0.3 is 6.18 Å². The number of anilines is 1. The number of alkyl halides is 3. The summed E-state index contributed by atoms with van der Waals surface area (Å²) in [6, 6.07) is 2.30. The number of carbonyl (C=O) groups excluding carboxylic acids is 1. The van der Waals surface area contributed by atoms with Gasteiger partial charge < -0.3 is 5.32 Å². The number of nitro benzene ring substituents is 1. The van der Waals surface area contributed by atoms with Crippen LogP contribution in [0.25, 0.3) is 0 Å². The summed E-state index contributed by atoms with van der Waals surface area (Å²) in [4.78, 5) is 21.0. The minimum Gasteiger partial charge on any atom is -0.322 e. The summed E-state index contributed by atoms with van der Waals surface area (Å²) in [6.45, 7) is 3.09. The molecular weight excluding hydrogens is 277 g/mol. The van der Waals surface area contributed by atoms with Crippen molar-refractivity contribution in [3.63, 3.8) is 0 Å². The van der Waals surface area contributed by atoms with Crippen LogP contribution in [0.15, 0.2) is 29.8 Å². The second-order valence-electron chi connectivity index (χ2n) is 3.91. The number of benzene rings is 1. The Labute approximate surface area is 112 Å². The summed E-state index contributed by atoms with van der Waals surface area (Å²) < 4.78 is 38.2. The third-order valence-corrected chi connectivity index (χ3v) is 2.55. The van der Waals surface area contributed by atoms with E-state index in [0.717, 1.165) is 6.07 Å². The number of rotatable bonds is 3. The van der Waals surface area contributed by atoms with E-state index in [-0.39, 0.29) is 5.69 Å². The Hall–Kier alpha value is -2.38. The quantitative estimate of drug-likeness (QED) is 0.525. The summed E-state index contributed by atoms with van der Waals surface area (Å²) >= 11 is 0. The minimum atomic E-state index is -4.88. The average molecular weight is 288 g/mol. The fraction of sp³-hybridized carbons (Fsp3) is 0.250. The van der Waals surface area contributed by atoms with Crippen LogP contribution in [-0.4, -0.2) is 10.8 Å². The second-order valence-corrected chi connectivity index (χ2v) is 3.91. The second kappa shape index (κ2) is 5.72. The summed E-state index contributed by atoms with van der Waals surface area (Å²) in [5, 5.41) is 12.8. The predicted molar refractivity (Wildman–Crippen MR) is 66.2 cm³/mol. The fourth-order valence-corrected chi connectivity index (χ4v) is 1.36. The van der Waals surface area contributed by atoms with Gasteiger partial charge in [0.25, 0.3) is 11.6 Å². The van der Waals surface area contributed by atoms with Crippen molar-refractivity contribution in [2.75, 3.05) is 5.32 Å². The van der Waals surface area contributed by atoms with Crippen LogP contribution in [0.5, 0.6) is 0 Å². The van der Waals surface area contributed by atoms with Crippen LogP contribution >= 0.6 is 0 Å². The lowest BCUT2D eigenvalue weighted by Crippen LogP contribution is -2.14. The van der Waals surface area contributed by atoms with Crippen LogP contribution in [0.4, 0.5) is 24.5 Å². The van der Waals surface area contributed by atoms with Crippen molar-refractivity contribution in [1.82, 2.24) is 0 Å². The first-order valence-electron chi connectivity index (χ1n) is 5.46. The Balaban J connectivity index is 3.21. The zero-order chi connectivity index (χ0) is 15.5. The topological polar surface area (TPSA) is 72.2 Å². The molecule has 1 rings (SSSR count). The van der Waals surface area contributed by atoms with Crippen molar-refractivity contribution < 1.29 is 22.9 Å². The number of amides is 1. The molecule has 108 valence electrons. The van der Waals surface area contributed by atoms with Crippen molar-refractivity contribution in [2.45, 2.75) is 20.0 Å². The molecule has 0 unspecified atom stereocenters. The molecule has 20 heavy (non-hydrogen) atoms. The van der Waals surface area contributed by atoms with Crippen molar-refractivity contribution in [3.8, 4) is 0 Å². The number of nitrogens with one attached hydrogen (secondary N) is 1. The predicted octanol–water partition coefficient (Wildman–Crippen LogP) is 3.52. The van der Waals surface area contributed by atoms with E-state index in [1.165, 1.54) is 13.0 Å². The molecule has 1 aromatic rings. The Kier molecular flexibility index (Phi) is 4.49. The van der Waals surface area contributed by atoms with E-state index in [2.05, 4.69) is 5.32 Å². The molecule has 0 radical (unpaired) electrons. The molecular formula is C12H11F3N2O3. The molecule has 0 bridgehead atoms. The van der Waals surface area contributed by atoms with E-state index in [1.54, 1.807) is 6.92 Å². The van der Waals surface area contributed by atoms with Gasteiger partial charge in [0.15, 0.2) is 0 Å². The Morgan fingerprint density at radius 2 is 2.00 bits per heavy atom. The van der Waals surface area contributed by atoms with Crippen molar-refractivity contribution in [3.05, 3.63) is 45.5 Å². The van der Waals surface area contributed by atoms with Crippen molar-refractivity contribution in [2.24, 2.45) is 0 Å². The molecule has 0 aliphatic rings. The van der Waals surface area contributed by atoms with Gasteiger partial charge in [-0.05, 0) is 26.0 Å². The van der Waals surface area contributed by atoms with Crippen LogP contribution in [-0.2, 0) is 11.0 Å². The normalized spacial score (nSPS) is 12.2. The molecule has 0 fully saturated rings. The molecule has 0 heterocycles. The number of nitro groups is 1. The molecule has 1 aromatic carbocycles. The molecule has 0 saturated carbocycles. The van der Waals surface area contributed by atoms with Crippen LogP contribution in [0.2, 0.25) is 0 Å². The van der Waals surface area contributed by atoms with Gasteiger partial charge in [0.2, 0.25) is 0 Å². The van der Waals surface area contributed by atoms with E-state index in [4.69, 9.17) is 0 Å². The average Bonchev–Trinajstić information content (AvgIpc) is 2.36. The van der Waals surface area contributed by atoms with Crippen LogP contribution in [0.3, 0.4) is 0 Å². The van der Waals surface area contributed by atoms with Crippen LogP contribution in [0.1, 0.15) is 19.4 Å². The molecule has 0 spiro atoms. The number of halogens is 3. The summed E-state index contributed by atoms with van der Waals surface area (Å²) in [5.74, 6) is -0.575. The first kappa shape index (κ1) is 15.7. The summed E-state index contributed by atoms with van der Waals surface area (Å²) in [7, 11) is 0. The van der Waals surface area contributed by atoms with Crippen LogP contribution < -0.4 is 5.32 Å². The lowest BCUT2D eigenvalue weighted by Gasteiger charge is -2.10. The van der Waals surface area contributed by atoms with Gasteiger partial charge in [0.1, 0.15) is 5.56 Å². The molecule has 0 aliphatic carbocycles. The number of allylic oxidation sites excluding steroid dienone is 1. The molecule has 1 amide bonds. The lowest BCUT2D eigenvalue weighted by molar-refractivity contribution is -0.388. The number of nitrogens with zero attached hydrogens (tertiary/aromatic N) is 1. The number of hydrogen-bond acceptors (Lipinski definition) is 3. The van der Waals surface area contributed by atoms with Crippen molar-refractivity contribution in [1.29, 1.82) is 0 Å². The first-order valence-corrected chi connectivity index (χ1v) is 5.46. The van der Waals surface area contributed by atoms with E-state index in [0.29, 0.717) is 17.7 Å². The maximum atomic E-state index is 12.7. The molecule has 0 aromatic heterocycles. The van der Waals surface area contributed by atoms with Crippen molar-refractivity contribution >= 4 is 17.3 Å². The Morgan fingerprint density at radius 1 is 1.40 bits per heavy atom. The summed E-state index contributed by atoms with van der Waals surface area (Å²) in [6.07, 6.45) is -3.38. The molecule has 0 aliphatic heterocycles. The van der Waals surface area contributed by atoms with Gasteiger partial charge in [-0.1, -0.05) is 6.08 Å². The SMILES string of the molecule is C/C=C(\C)C(=O)Nc1ccc([N+](=O)[O-])c(C(F)(F)F)c1. The standard InChI is InChI=1S/C12H11F3N2O3/c1-3-7(2)11(18)16-8-4-5-10(17(19)20)9(6-8)12(13,14)15/h3-6H,1-2H3,(H,16,18)/b7-3+. The lowest BCUT2D eigenvalue weighted by atomic mass is 10.1. The van der Waals surface area contributed by atoms with Gasteiger partial charge in [-0.15, -0.1) is 0 Å². The summed E-state index contributed by atoms with van der Waals surface area (Å²) in [5.41, 5.74) is -2.30. The maximum absolute atomic E-state index is 12.7. The zero-order valence-corrected chi connectivity index (χ0v) is 10.6. The van der Waals surface area contributed by atoms with E-state index < -0.39 is 28.3 Å². The molecule has 8 heteroatoms.